The predicted molar refractivity (Wildman–Crippen MR) is 86.1 cm³/mol. The molecule has 0 spiro atoms. The Labute approximate surface area is 136 Å². The SMILES string of the molecule is CC(c1ccc(Cl)cc1)N1C[C@@H]2CCC[C@@]2(C(=O)O)C1.Cl. The molecule has 1 aromatic rings. The van der Waals surface area contributed by atoms with Crippen molar-refractivity contribution >= 4 is 30.0 Å². The molecule has 3 atom stereocenters. The molecule has 1 heterocycles. The van der Waals surface area contributed by atoms with Crippen LogP contribution in [0.3, 0.4) is 0 Å². The number of rotatable bonds is 3. The van der Waals surface area contributed by atoms with Crippen molar-refractivity contribution in [2.45, 2.75) is 32.2 Å². The first-order chi connectivity index (χ1) is 9.53. The van der Waals surface area contributed by atoms with Crippen molar-refractivity contribution in [3.8, 4) is 0 Å². The van der Waals surface area contributed by atoms with Gasteiger partial charge in [0, 0.05) is 24.2 Å². The third kappa shape index (κ3) is 2.79. The third-order valence-electron chi connectivity index (χ3n) is 5.22. The van der Waals surface area contributed by atoms with Crippen molar-refractivity contribution in [3.05, 3.63) is 34.9 Å². The highest BCUT2D eigenvalue weighted by Gasteiger charge is 2.55. The fourth-order valence-electron chi connectivity index (χ4n) is 3.92. The van der Waals surface area contributed by atoms with E-state index in [4.69, 9.17) is 11.6 Å². The molecule has 1 aromatic carbocycles. The van der Waals surface area contributed by atoms with Gasteiger partial charge < -0.3 is 5.11 Å². The van der Waals surface area contributed by atoms with Gasteiger partial charge in [-0.25, -0.2) is 0 Å². The van der Waals surface area contributed by atoms with E-state index in [1.165, 1.54) is 5.56 Å². The summed E-state index contributed by atoms with van der Waals surface area (Å²) in [6, 6.07) is 8.12. The molecule has 3 nitrogen and oxygen atoms in total. The van der Waals surface area contributed by atoms with Gasteiger partial charge in [0.05, 0.1) is 5.41 Å². The summed E-state index contributed by atoms with van der Waals surface area (Å²) in [5.74, 6) is -0.291. The molecule has 1 aliphatic heterocycles. The average Bonchev–Trinajstić information content (AvgIpc) is 2.96. The fraction of sp³-hybridized carbons (Fsp3) is 0.562. The monoisotopic (exact) mass is 329 g/mol. The molecule has 2 aliphatic rings. The number of carboxylic acids is 1. The van der Waals surface area contributed by atoms with Crippen LogP contribution in [0, 0.1) is 11.3 Å². The Morgan fingerprint density at radius 3 is 2.67 bits per heavy atom. The van der Waals surface area contributed by atoms with Gasteiger partial charge in [0.15, 0.2) is 0 Å². The molecule has 1 saturated heterocycles. The van der Waals surface area contributed by atoms with Crippen molar-refractivity contribution in [2.24, 2.45) is 11.3 Å². The molecule has 5 heteroatoms. The molecule has 0 bridgehead atoms. The third-order valence-corrected chi connectivity index (χ3v) is 5.48. The number of likely N-dealkylation sites (tertiary alicyclic amines) is 1. The molecular weight excluding hydrogens is 309 g/mol. The van der Waals surface area contributed by atoms with Crippen molar-refractivity contribution in [2.75, 3.05) is 13.1 Å². The topological polar surface area (TPSA) is 40.5 Å². The number of hydrogen-bond acceptors (Lipinski definition) is 2. The first-order valence-corrected chi connectivity index (χ1v) is 7.64. The van der Waals surface area contributed by atoms with Crippen LogP contribution in [0.15, 0.2) is 24.3 Å². The van der Waals surface area contributed by atoms with E-state index in [1.807, 2.05) is 24.3 Å². The summed E-state index contributed by atoms with van der Waals surface area (Å²) in [5.41, 5.74) is 0.704. The number of fused-ring (bicyclic) bond motifs is 1. The van der Waals surface area contributed by atoms with E-state index in [-0.39, 0.29) is 18.4 Å². The smallest absolute Gasteiger partial charge is 0.311 e. The number of halogens is 2. The molecule has 0 amide bonds. The molecule has 2 fully saturated rings. The van der Waals surface area contributed by atoms with E-state index in [2.05, 4.69) is 11.8 Å². The van der Waals surface area contributed by atoms with Gasteiger partial charge in [-0.1, -0.05) is 30.2 Å². The van der Waals surface area contributed by atoms with E-state index in [0.29, 0.717) is 12.5 Å². The van der Waals surface area contributed by atoms with Crippen LogP contribution in [0.1, 0.15) is 37.8 Å². The summed E-state index contributed by atoms with van der Waals surface area (Å²) >= 11 is 5.93. The van der Waals surface area contributed by atoms with Crippen LogP contribution >= 0.6 is 24.0 Å². The Kier molecular flexibility index (Phi) is 4.86. The second-order valence-corrected chi connectivity index (χ2v) is 6.64. The van der Waals surface area contributed by atoms with Gasteiger partial charge >= 0.3 is 5.97 Å². The lowest BCUT2D eigenvalue weighted by atomic mass is 9.81. The van der Waals surface area contributed by atoms with Crippen LogP contribution in [-0.4, -0.2) is 29.1 Å². The number of nitrogens with zero attached hydrogens (tertiary/aromatic N) is 1. The summed E-state index contributed by atoms with van der Waals surface area (Å²) in [4.78, 5) is 14.0. The van der Waals surface area contributed by atoms with Crippen LogP contribution in [0.4, 0.5) is 0 Å². The van der Waals surface area contributed by atoms with Crippen LogP contribution in [0.5, 0.6) is 0 Å². The number of carbonyl (C=O) groups is 1. The second-order valence-electron chi connectivity index (χ2n) is 6.21. The summed E-state index contributed by atoms with van der Waals surface area (Å²) in [7, 11) is 0. The Morgan fingerprint density at radius 1 is 1.43 bits per heavy atom. The van der Waals surface area contributed by atoms with Crippen molar-refractivity contribution in [1.29, 1.82) is 0 Å². The normalized spacial score (nSPS) is 29.7. The lowest BCUT2D eigenvalue weighted by Gasteiger charge is -2.27. The van der Waals surface area contributed by atoms with E-state index < -0.39 is 11.4 Å². The minimum atomic E-state index is -0.606. The Morgan fingerprint density at radius 2 is 2.10 bits per heavy atom. The van der Waals surface area contributed by atoms with Gasteiger partial charge in [-0.15, -0.1) is 12.4 Å². The maximum absolute atomic E-state index is 11.7. The molecule has 1 aliphatic carbocycles. The van der Waals surface area contributed by atoms with E-state index in [9.17, 15) is 9.90 Å². The quantitative estimate of drug-likeness (QED) is 0.910. The van der Waals surface area contributed by atoms with Gasteiger partial charge in [0.1, 0.15) is 0 Å². The number of aliphatic carboxylic acids is 1. The highest BCUT2D eigenvalue weighted by Crippen LogP contribution is 2.50. The average molecular weight is 330 g/mol. The molecule has 1 unspecified atom stereocenters. The van der Waals surface area contributed by atoms with Crippen molar-refractivity contribution < 1.29 is 9.90 Å². The summed E-state index contributed by atoms with van der Waals surface area (Å²) in [6.45, 7) is 3.73. The molecule has 0 radical (unpaired) electrons. The van der Waals surface area contributed by atoms with Crippen LogP contribution < -0.4 is 0 Å². The van der Waals surface area contributed by atoms with Crippen LogP contribution in [-0.2, 0) is 4.79 Å². The van der Waals surface area contributed by atoms with Crippen molar-refractivity contribution in [3.63, 3.8) is 0 Å². The molecule has 1 N–H and O–H groups in total. The largest absolute Gasteiger partial charge is 0.481 e. The van der Waals surface area contributed by atoms with Gasteiger partial charge in [-0.05, 0) is 43.4 Å². The van der Waals surface area contributed by atoms with Crippen LogP contribution in [0.2, 0.25) is 5.02 Å². The van der Waals surface area contributed by atoms with Crippen molar-refractivity contribution in [1.82, 2.24) is 4.90 Å². The first kappa shape index (κ1) is 16.6. The molecule has 116 valence electrons. The zero-order valence-corrected chi connectivity index (χ0v) is 13.7. The summed E-state index contributed by atoms with van der Waals surface area (Å²) in [6.07, 6.45) is 2.94. The zero-order valence-electron chi connectivity index (χ0n) is 12.1. The molecule has 21 heavy (non-hydrogen) atoms. The highest BCUT2D eigenvalue weighted by molar-refractivity contribution is 6.30. The number of hydrogen-bond donors (Lipinski definition) is 1. The van der Waals surface area contributed by atoms with Gasteiger partial charge in [-0.3, -0.25) is 9.69 Å². The Balaban J connectivity index is 0.00000161. The Bertz CT molecular complexity index is 520. The van der Waals surface area contributed by atoms with Gasteiger partial charge in [0.2, 0.25) is 0 Å². The maximum Gasteiger partial charge on any atom is 0.311 e. The minimum Gasteiger partial charge on any atom is -0.481 e. The van der Waals surface area contributed by atoms with E-state index >= 15 is 0 Å². The molecule has 1 saturated carbocycles. The Hall–Kier alpha value is -0.770. The van der Waals surface area contributed by atoms with Gasteiger partial charge in [-0.2, -0.15) is 0 Å². The van der Waals surface area contributed by atoms with Crippen LogP contribution in [0.25, 0.3) is 0 Å². The first-order valence-electron chi connectivity index (χ1n) is 7.26. The molecule has 3 rings (SSSR count). The van der Waals surface area contributed by atoms with E-state index in [1.54, 1.807) is 0 Å². The number of benzene rings is 1. The summed E-state index contributed by atoms with van der Waals surface area (Å²) < 4.78 is 0. The summed E-state index contributed by atoms with van der Waals surface area (Å²) in [5, 5.41) is 10.4. The fourth-order valence-corrected chi connectivity index (χ4v) is 4.05. The number of carboxylic acid groups (broad SMARTS) is 1. The minimum absolute atomic E-state index is 0. The molecular formula is C16H21Cl2NO2. The molecule has 0 aromatic heterocycles. The zero-order chi connectivity index (χ0) is 14.3. The van der Waals surface area contributed by atoms with Gasteiger partial charge in [0.25, 0.3) is 0 Å². The lowest BCUT2D eigenvalue weighted by molar-refractivity contribution is -0.149. The van der Waals surface area contributed by atoms with E-state index in [0.717, 1.165) is 30.8 Å². The standard InChI is InChI=1S/C16H20ClNO2.ClH/c1-11(12-4-6-14(17)7-5-12)18-9-13-3-2-8-16(13,10-18)15(19)20;/h4-7,11,13H,2-3,8-10H2,1H3,(H,19,20);1H/t11?,13-,16+;/m0./s1. The highest BCUT2D eigenvalue weighted by atomic mass is 35.5. The predicted octanol–water partition coefficient (Wildman–Crippen LogP) is 4.01. The second kappa shape index (κ2) is 6.15. The lowest BCUT2D eigenvalue weighted by Crippen LogP contribution is -2.36. The maximum atomic E-state index is 11.7.